The van der Waals surface area contributed by atoms with Crippen LogP contribution < -0.4 is 0 Å². The first kappa shape index (κ1) is 12.6. The van der Waals surface area contributed by atoms with Gasteiger partial charge in [0.1, 0.15) is 0 Å². The Hall–Kier alpha value is -1.39. The number of hydrogen-bond acceptors (Lipinski definition) is 3. The number of rotatable bonds is 3. The molecule has 0 amide bonds. The van der Waals surface area contributed by atoms with E-state index in [0.717, 1.165) is 19.6 Å². The van der Waals surface area contributed by atoms with Gasteiger partial charge in [0.05, 0.1) is 11.5 Å². The molecule has 102 valence electrons. The van der Waals surface area contributed by atoms with Gasteiger partial charge in [0, 0.05) is 26.2 Å². The van der Waals surface area contributed by atoms with Crippen LogP contribution in [0.3, 0.4) is 0 Å². The third-order valence-corrected chi connectivity index (χ3v) is 4.11. The number of likely N-dealkylation sites (tertiary alicyclic amines) is 1. The maximum atomic E-state index is 11.1. The molecule has 4 heteroatoms. The van der Waals surface area contributed by atoms with Crippen molar-refractivity contribution in [2.75, 3.05) is 19.7 Å². The molecule has 19 heavy (non-hydrogen) atoms. The van der Waals surface area contributed by atoms with Gasteiger partial charge in [-0.1, -0.05) is 30.3 Å². The van der Waals surface area contributed by atoms with Crippen molar-refractivity contribution >= 4 is 5.97 Å². The SMILES string of the molecule is O=C(O)C1CCOC2(C1)CN(Cc1ccccc1)C2. The number of aliphatic carboxylic acids is 1. The molecular weight excluding hydrogens is 242 g/mol. The molecule has 0 bridgehead atoms. The summed E-state index contributed by atoms with van der Waals surface area (Å²) in [6.07, 6.45) is 1.31. The topological polar surface area (TPSA) is 49.8 Å². The summed E-state index contributed by atoms with van der Waals surface area (Å²) in [5.41, 5.74) is 1.10. The molecule has 2 aliphatic rings. The van der Waals surface area contributed by atoms with Crippen molar-refractivity contribution in [1.29, 1.82) is 0 Å². The number of ether oxygens (including phenoxy) is 1. The van der Waals surface area contributed by atoms with Crippen molar-refractivity contribution in [2.24, 2.45) is 5.92 Å². The van der Waals surface area contributed by atoms with E-state index < -0.39 is 5.97 Å². The number of carbonyl (C=O) groups is 1. The second-order valence-corrected chi connectivity index (χ2v) is 5.69. The molecule has 1 unspecified atom stereocenters. The maximum Gasteiger partial charge on any atom is 0.306 e. The zero-order valence-corrected chi connectivity index (χ0v) is 10.9. The molecule has 0 aromatic heterocycles. The fourth-order valence-corrected chi connectivity index (χ4v) is 3.18. The van der Waals surface area contributed by atoms with Crippen molar-refractivity contribution < 1.29 is 14.6 Å². The monoisotopic (exact) mass is 261 g/mol. The number of carboxylic acid groups (broad SMARTS) is 1. The average molecular weight is 261 g/mol. The standard InChI is InChI=1S/C15H19NO3/c17-14(18)13-6-7-19-15(8-13)10-16(11-15)9-12-4-2-1-3-5-12/h1-5,13H,6-11H2,(H,17,18). The Balaban J connectivity index is 1.55. The minimum Gasteiger partial charge on any atom is -0.481 e. The van der Waals surface area contributed by atoms with Gasteiger partial charge < -0.3 is 9.84 Å². The van der Waals surface area contributed by atoms with Gasteiger partial charge in [-0.05, 0) is 18.4 Å². The molecule has 2 heterocycles. The molecule has 2 fully saturated rings. The Morgan fingerprint density at radius 3 is 2.79 bits per heavy atom. The van der Waals surface area contributed by atoms with Gasteiger partial charge in [-0.15, -0.1) is 0 Å². The predicted molar refractivity (Wildman–Crippen MR) is 70.8 cm³/mol. The molecule has 0 radical (unpaired) electrons. The average Bonchev–Trinajstić information content (AvgIpc) is 2.38. The Kier molecular flexibility index (Phi) is 3.29. The van der Waals surface area contributed by atoms with Gasteiger partial charge in [-0.25, -0.2) is 0 Å². The molecule has 1 atom stereocenters. The summed E-state index contributed by atoms with van der Waals surface area (Å²) >= 11 is 0. The summed E-state index contributed by atoms with van der Waals surface area (Å²) in [5.74, 6) is -0.906. The van der Waals surface area contributed by atoms with Crippen LogP contribution in [-0.4, -0.2) is 41.3 Å². The first-order valence-corrected chi connectivity index (χ1v) is 6.80. The molecule has 0 saturated carbocycles. The van der Waals surface area contributed by atoms with Crippen molar-refractivity contribution in [3.8, 4) is 0 Å². The molecule has 4 nitrogen and oxygen atoms in total. The van der Waals surface area contributed by atoms with Gasteiger partial charge >= 0.3 is 5.97 Å². The van der Waals surface area contributed by atoms with Crippen LogP contribution in [0.1, 0.15) is 18.4 Å². The van der Waals surface area contributed by atoms with E-state index in [2.05, 4.69) is 17.0 Å². The first-order chi connectivity index (χ1) is 9.17. The lowest BCUT2D eigenvalue weighted by Crippen LogP contribution is -2.65. The molecule has 3 rings (SSSR count). The quantitative estimate of drug-likeness (QED) is 0.900. The van der Waals surface area contributed by atoms with Crippen LogP contribution in [0.25, 0.3) is 0 Å². The molecular formula is C15H19NO3. The third kappa shape index (κ3) is 2.65. The zero-order chi connectivity index (χ0) is 13.3. The van der Waals surface area contributed by atoms with Gasteiger partial charge in [-0.3, -0.25) is 9.69 Å². The zero-order valence-electron chi connectivity index (χ0n) is 10.9. The largest absolute Gasteiger partial charge is 0.481 e. The van der Waals surface area contributed by atoms with E-state index in [-0.39, 0.29) is 11.5 Å². The van der Waals surface area contributed by atoms with Crippen LogP contribution in [0, 0.1) is 5.92 Å². The second kappa shape index (κ2) is 4.94. The molecule has 0 aliphatic carbocycles. The Labute approximate surface area is 113 Å². The Morgan fingerprint density at radius 2 is 2.11 bits per heavy atom. The maximum absolute atomic E-state index is 11.1. The molecule has 1 aromatic rings. The number of nitrogens with zero attached hydrogens (tertiary/aromatic N) is 1. The van der Waals surface area contributed by atoms with Crippen molar-refractivity contribution in [3.63, 3.8) is 0 Å². The van der Waals surface area contributed by atoms with Gasteiger partial charge in [0.2, 0.25) is 0 Å². The van der Waals surface area contributed by atoms with Gasteiger partial charge in [0.15, 0.2) is 0 Å². The summed E-state index contributed by atoms with van der Waals surface area (Å²) in [6.45, 7) is 3.21. The number of carboxylic acids is 1. The molecule has 2 aliphatic heterocycles. The predicted octanol–water partition coefficient (Wildman–Crippen LogP) is 1.75. The lowest BCUT2D eigenvalue weighted by Gasteiger charge is -2.52. The normalized spacial score (nSPS) is 26.0. The molecule has 1 N–H and O–H groups in total. The Morgan fingerprint density at radius 1 is 1.37 bits per heavy atom. The highest BCUT2D eigenvalue weighted by atomic mass is 16.5. The van der Waals surface area contributed by atoms with Crippen LogP contribution in [0.4, 0.5) is 0 Å². The summed E-state index contributed by atoms with van der Waals surface area (Å²) < 4.78 is 5.84. The van der Waals surface area contributed by atoms with E-state index in [1.807, 2.05) is 18.2 Å². The van der Waals surface area contributed by atoms with Crippen molar-refractivity contribution in [2.45, 2.75) is 25.0 Å². The van der Waals surface area contributed by atoms with E-state index in [1.165, 1.54) is 5.56 Å². The third-order valence-electron chi connectivity index (χ3n) is 4.11. The van der Waals surface area contributed by atoms with Crippen LogP contribution >= 0.6 is 0 Å². The molecule has 2 saturated heterocycles. The highest BCUT2D eigenvalue weighted by Gasteiger charge is 2.48. The smallest absolute Gasteiger partial charge is 0.306 e. The lowest BCUT2D eigenvalue weighted by molar-refractivity contribution is -0.189. The Bertz CT molecular complexity index is 454. The summed E-state index contributed by atoms with van der Waals surface area (Å²) in [4.78, 5) is 13.4. The minimum atomic E-state index is -0.677. The fourth-order valence-electron chi connectivity index (χ4n) is 3.18. The van der Waals surface area contributed by atoms with E-state index in [0.29, 0.717) is 19.4 Å². The number of benzene rings is 1. The van der Waals surface area contributed by atoms with Crippen LogP contribution in [-0.2, 0) is 16.1 Å². The minimum absolute atomic E-state index is 0.198. The summed E-state index contributed by atoms with van der Waals surface area (Å²) in [6, 6.07) is 10.3. The van der Waals surface area contributed by atoms with Crippen LogP contribution in [0.5, 0.6) is 0 Å². The van der Waals surface area contributed by atoms with Crippen LogP contribution in [0.15, 0.2) is 30.3 Å². The van der Waals surface area contributed by atoms with Crippen molar-refractivity contribution in [3.05, 3.63) is 35.9 Å². The second-order valence-electron chi connectivity index (χ2n) is 5.69. The molecule has 1 spiro atoms. The van der Waals surface area contributed by atoms with Gasteiger partial charge in [-0.2, -0.15) is 0 Å². The van der Waals surface area contributed by atoms with E-state index in [1.54, 1.807) is 0 Å². The van der Waals surface area contributed by atoms with Gasteiger partial charge in [0.25, 0.3) is 0 Å². The highest BCUT2D eigenvalue weighted by Crippen LogP contribution is 2.37. The van der Waals surface area contributed by atoms with Crippen LogP contribution in [0.2, 0.25) is 0 Å². The lowest BCUT2D eigenvalue weighted by atomic mass is 9.80. The fraction of sp³-hybridized carbons (Fsp3) is 0.533. The van der Waals surface area contributed by atoms with Crippen molar-refractivity contribution in [1.82, 2.24) is 4.90 Å². The number of hydrogen-bond donors (Lipinski definition) is 1. The first-order valence-electron chi connectivity index (χ1n) is 6.80. The summed E-state index contributed by atoms with van der Waals surface area (Å²) in [7, 11) is 0. The van der Waals surface area contributed by atoms with E-state index >= 15 is 0 Å². The molecule has 1 aromatic carbocycles. The van der Waals surface area contributed by atoms with E-state index in [4.69, 9.17) is 9.84 Å². The van der Waals surface area contributed by atoms with E-state index in [9.17, 15) is 4.79 Å². The highest BCUT2D eigenvalue weighted by molar-refractivity contribution is 5.70. The summed E-state index contributed by atoms with van der Waals surface area (Å²) in [5, 5.41) is 9.12.